The Balaban J connectivity index is 3.94. The first-order valence-electron chi connectivity index (χ1n) is 7.00. The van der Waals surface area contributed by atoms with Crippen molar-refractivity contribution < 1.29 is 0 Å². The van der Waals surface area contributed by atoms with Crippen molar-refractivity contribution in [1.29, 1.82) is 0 Å². The number of unbranched alkanes of at least 4 members (excludes halogenated alkanes) is 3. The van der Waals surface area contributed by atoms with Crippen molar-refractivity contribution >= 4 is 0 Å². The monoisotopic (exact) mass is 212 g/mol. The molecule has 0 aromatic rings. The first-order valence-corrected chi connectivity index (χ1v) is 7.00. The van der Waals surface area contributed by atoms with Crippen molar-refractivity contribution in [3.05, 3.63) is 0 Å². The third kappa shape index (κ3) is 6.22. The van der Waals surface area contributed by atoms with E-state index in [0.29, 0.717) is 0 Å². The second-order valence-corrected chi connectivity index (χ2v) is 5.86. The standard InChI is InChI=1S/C15H32/c1-7-8-9-10-11-15(13(4)5)14(6)12(2)3/h12-15H,7-11H2,1-6H3. The fraction of sp³-hybridized carbons (Fsp3) is 1.00. The lowest BCUT2D eigenvalue weighted by molar-refractivity contribution is 0.197. The van der Waals surface area contributed by atoms with Crippen LogP contribution in [0.1, 0.15) is 73.6 Å². The Morgan fingerprint density at radius 2 is 1.33 bits per heavy atom. The van der Waals surface area contributed by atoms with Crippen LogP contribution in [0.2, 0.25) is 0 Å². The van der Waals surface area contributed by atoms with E-state index in [9.17, 15) is 0 Å². The van der Waals surface area contributed by atoms with E-state index in [1.54, 1.807) is 0 Å². The van der Waals surface area contributed by atoms with Gasteiger partial charge in [-0.15, -0.1) is 0 Å². The summed E-state index contributed by atoms with van der Waals surface area (Å²) in [7, 11) is 0. The molecule has 0 aromatic heterocycles. The van der Waals surface area contributed by atoms with Gasteiger partial charge in [0.2, 0.25) is 0 Å². The van der Waals surface area contributed by atoms with Gasteiger partial charge >= 0.3 is 0 Å². The first kappa shape index (κ1) is 15.0. The topological polar surface area (TPSA) is 0 Å². The Labute approximate surface area is 97.8 Å². The molecule has 0 saturated heterocycles. The Bertz CT molecular complexity index is 135. The maximum atomic E-state index is 2.44. The zero-order valence-electron chi connectivity index (χ0n) is 11.8. The van der Waals surface area contributed by atoms with Crippen molar-refractivity contribution in [2.45, 2.75) is 73.6 Å². The molecule has 0 aliphatic rings. The third-order valence-corrected chi connectivity index (χ3v) is 3.97. The van der Waals surface area contributed by atoms with Crippen LogP contribution in [0.5, 0.6) is 0 Å². The van der Waals surface area contributed by atoms with Crippen LogP contribution in [0.25, 0.3) is 0 Å². The van der Waals surface area contributed by atoms with E-state index in [4.69, 9.17) is 0 Å². The highest BCUT2D eigenvalue weighted by Gasteiger charge is 2.22. The summed E-state index contributed by atoms with van der Waals surface area (Å²) in [4.78, 5) is 0. The average molecular weight is 212 g/mol. The zero-order chi connectivity index (χ0) is 11.8. The molecule has 0 heterocycles. The molecular formula is C15H32. The lowest BCUT2D eigenvalue weighted by Gasteiger charge is -2.30. The van der Waals surface area contributed by atoms with Gasteiger partial charge in [-0.2, -0.15) is 0 Å². The summed E-state index contributed by atoms with van der Waals surface area (Å²) < 4.78 is 0. The highest BCUT2D eigenvalue weighted by molar-refractivity contribution is 4.72. The molecule has 0 aliphatic heterocycles. The average Bonchev–Trinajstić information content (AvgIpc) is 2.16. The molecule has 0 aliphatic carbocycles. The molecule has 0 nitrogen and oxygen atoms in total. The molecule has 0 rings (SSSR count). The quantitative estimate of drug-likeness (QED) is 0.465. The Morgan fingerprint density at radius 1 is 0.733 bits per heavy atom. The fourth-order valence-electron chi connectivity index (χ4n) is 2.50. The minimum atomic E-state index is 0.837. The van der Waals surface area contributed by atoms with Crippen molar-refractivity contribution in [1.82, 2.24) is 0 Å². The summed E-state index contributed by atoms with van der Waals surface area (Å²) in [5, 5.41) is 0. The molecular weight excluding hydrogens is 180 g/mol. The molecule has 92 valence electrons. The maximum Gasteiger partial charge on any atom is -0.0363 e. The van der Waals surface area contributed by atoms with E-state index in [-0.39, 0.29) is 0 Å². The van der Waals surface area contributed by atoms with Gasteiger partial charge in [0.15, 0.2) is 0 Å². The van der Waals surface area contributed by atoms with Gasteiger partial charge in [0, 0.05) is 0 Å². The van der Waals surface area contributed by atoms with Gasteiger partial charge in [0.05, 0.1) is 0 Å². The van der Waals surface area contributed by atoms with Gasteiger partial charge in [-0.3, -0.25) is 0 Å². The molecule has 2 unspecified atom stereocenters. The predicted octanol–water partition coefficient (Wildman–Crippen LogP) is 5.52. The summed E-state index contributed by atoms with van der Waals surface area (Å²) in [6.45, 7) is 14.2. The number of hydrogen-bond acceptors (Lipinski definition) is 0. The van der Waals surface area contributed by atoms with Crippen LogP contribution < -0.4 is 0 Å². The van der Waals surface area contributed by atoms with E-state index in [0.717, 1.165) is 23.7 Å². The molecule has 0 amide bonds. The highest BCUT2D eigenvalue weighted by Crippen LogP contribution is 2.31. The smallest absolute Gasteiger partial charge is 0.0363 e. The highest BCUT2D eigenvalue weighted by atomic mass is 14.3. The second-order valence-electron chi connectivity index (χ2n) is 5.86. The predicted molar refractivity (Wildman–Crippen MR) is 71.1 cm³/mol. The second kappa shape index (κ2) is 8.19. The van der Waals surface area contributed by atoms with E-state index in [2.05, 4.69) is 41.5 Å². The van der Waals surface area contributed by atoms with Crippen molar-refractivity contribution in [2.24, 2.45) is 23.7 Å². The van der Waals surface area contributed by atoms with Crippen LogP contribution in [0.3, 0.4) is 0 Å². The minimum absolute atomic E-state index is 0.837. The molecule has 0 fully saturated rings. The normalized spacial score (nSPS) is 16.0. The molecule has 0 heteroatoms. The van der Waals surface area contributed by atoms with Crippen molar-refractivity contribution in [2.75, 3.05) is 0 Å². The lowest BCUT2D eigenvalue weighted by atomic mass is 9.76. The molecule has 15 heavy (non-hydrogen) atoms. The van der Waals surface area contributed by atoms with E-state index in [1.807, 2.05) is 0 Å². The Kier molecular flexibility index (Phi) is 8.19. The zero-order valence-corrected chi connectivity index (χ0v) is 11.8. The van der Waals surface area contributed by atoms with Crippen LogP contribution in [0.4, 0.5) is 0 Å². The van der Waals surface area contributed by atoms with Crippen molar-refractivity contribution in [3.63, 3.8) is 0 Å². The van der Waals surface area contributed by atoms with E-state index < -0.39 is 0 Å². The summed E-state index contributed by atoms with van der Waals surface area (Å²) in [6, 6.07) is 0. The van der Waals surface area contributed by atoms with Gasteiger partial charge in [0.25, 0.3) is 0 Å². The van der Waals surface area contributed by atoms with Crippen LogP contribution in [-0.4, -0.2) is 0 Å². The molecule has 0 bridgehead atoms. The Morgan fingerprint density at radius 3 is 1.73 bits per heavy atom. The van der Waals surface area contributed by atoms with Crippen LogP contribution in [0.15, 0.2) is 0 Å². The van der Waals surface area contributed by atoms with Crippen LogP contribution in [0, 0.1) is 23.7 Å². The van der Waals surface area contributed by atoms with Gasteiger partial charge in [-0.25, -0.2) is 0 Å². The van der Waals surface area contributed by atoms with Gasteiger partial charge in [0.1, 0.15) is 0 Å². The summed E-state index contributed by atoms with van der Waals surface area (Å²) >= 11 is 0. The molecule has 0 saturated carbocycles. The maximum absolute atomic E-state index is 2.44. The number of rotatable bonds is 8. The van der Waals surface area contributed by atoms with Crippen LogP contribution >= 0.6 is 0 Å². The minimum Gasteiger partial charge on any atom is -0.0654 e. The van der Waals surface area contributed by atoms with E-state index >= 15 is 0 Å². The summed E-state index contributed by atoms with van der Waals surface area (Å²) in [5.41, 5.74) is 0. The Hall–Kier alpha value is 0. The fourth-order valence-corrected chi connectivity index (χ4v) is 2.50. The summed E-state index contributed by atoms with van der Waals surface area (Å²) in [5.74, 6) is 3.50. The van der Waals surface area contributed by atoms with E-state index in [1.165, 1.54) is 32.1 Å². The largest absolute Gasteiger partial charge is 0.0654 e. The summed E-state index contributed by atoms with van der Waals surface area (Å²) in [6.07, 6.45) is 7.09. The molecule has 2 atom stereocenters. The SMILES string of the molecule is CCCCCCC(C(C)C)C(C)C(C)C. The first-order chi connectivity index (χ1) is 7.00. The third-order valence-electron chi connectivity index (χ3n) is 3.97. The molecule has 0 aromatic carbocycles. The molecule has 0 radical (unpaired) electrons. The van der Waals surface area contributed by atoms with Crippen LogP contribution in [-0.2, 0) is 0 Å². The van der Waals surface area contributed by atoms with Gasteiger partial charge in [-0.1, -0.05) is 67.2 Å². The number of hydrogen-bond donors (Lipinski definition) is 0. The van der Waals surface area contributed by atoms with Gasteiger partial charge in [-0.05, 0) is 30.1 Å². The molecule has 0 spiro atoms. The lowest BCUT2D eigenvalue weighted by Crippen LogP contribution is -2.22. The van der Waals surface area contributed by atoms with Crippen molar-refractivity contribution in [3.8, 4) is 0 Å². The van der Waals surface area contributed by atoms with Gasteiger partial charge < -0.3 is 0 Å². The molecule has 0 N–H and O–H groups in total.